The Balaban J connectivity index is 1.93. The van der Waals surface area contributed by atoms with Crippen LogP contribution in [-0.2, 0) is 14.3 Å². The highest BCUT2D eigenvalue weighted by atomic mass is 32.1. The Labute approximate surface area is 187 Å². The quantitative estimate of drug-likeness (QED) is 0.459. The Morgan fingerprint density at radius 1 is 1.23 bits per heavy atom. The molecule has 1 amide bonds. The lowest BCUT2D eigenvalue weighted by Gasteiger charge is -2.19. The van der Waals surface area contributed by atoms with Crippen LogP contribution in [0.1, 0.15) is 35.4 Å². The van der Waals surface area contributed by atoms with E-state index in [-0.39, 0.29) is 16.4 Å². The SMILES string of the molecule is CCCOC(=O)C(c1ccccc1)n1c(O)c(C2=c3cccc(C)c3=NC2=O)sc1=S. The highest BCUT2D eigenvalue weighted by Crippen LogP contribution is 2.37. The monoisotopic (exact) mass is 452 g/mol. The van der Waals surface area contributed by atoms with E-state index in [9.17, 15) is 14.7 Å². The molecule has 158 valence electrons. The van der Waals surface area contributed by atoms with Crippen LogP contribution in [0.4, 0.5) is 0 Å². The van der Waals surface area contributed by atoms with Crippen molar-refractivity contribution in [2.24, 2.45) is 4.99 Å². The average molecular weight is 453 g/mol. The minimum absolute atomic E-state index is 0.245. The average Bonchev–Trinajstić information content (AvgIpc) is 3.24. The van der Waals surface area contributed by atoms with Crippen molar-refractivity contribution in [3.05, 3.63) is 79.1 Å². The van der Waals surface area contributed by atoms with E-state index in [4.69, 9.17) is 17.0 Å². The van der Waals surface area contributed by atoms with Crippen LogP contribution < -0.4 is 10.6 Å². The van der Waals surface area contributed by atoms with E-state index in [1.807, 2.05) is 32.0 Å². The summed E-state index contributed by atoms with van der Waals surface area (Å²) in [4.78, 5) is 30.1. The summed E-state index contributed by atoms with van der Waals surface area (Å²) >= 11 is 6.60. The van der Waals surface area contributed by atoms with Gasteiger partial charge in [0.05, 0.1) is 17.5 Å². The topological polar surface area (TPSA) is 80.9 Å². The van der Waals surface area contributed by atoms with E-state index >= 15 is 0 Å². The number of amides is 1. The Morgan fingerprint density at radius 3 is 2.68 bits per heavy atom. The van der Waals surface area contributed by atoms with E-state index in [1.165, 1.54) is 4.57 Å². The first-order valence-electron chi connectivity index (χ1n) is 9.83. The standard InChI is InChI=1S/C23H20N2O4S2/c1-3-12-29-22(28)18(14-9-5-4-6-10-14)25-21(27)19(31-23(25)30)16-15-11-7-8-13(2)17(15)24-20(16)26/h4-11,18,27H,3,12H2,1-2H3. The Kier molecular flexibility index (Phi) is 5.84. The van der Waals surface area contributed by atoms with Crippen molar-refractivity contribution >= 4 is 41.0 Å². The number of fused-ring (bicyclic) bond motifs is 1. The molecule has 8 heteroatoms. The number of nitrogens with zero attached hydrogens (tertiary/aromatic N) is 2. The first-order valence-corrected chi connectivity index (χ1v) is 11.1. The van der Waals surface area contributed by atoms with Gasteiger partial charge in [-0.05, 0) is 36.7 Å². The molecule has 0 radical (unpaired) electrons. The number of benzene rings is 2. The molecule has 0 aliphatic carbocycles. The van der Waals surface area contributed by atoms with Gasteiger partial charge in [-0.25, -0.2) is 9.79 Å². The van der Waals surface area contributed by atoms with Crippen LogP contribution in [0.25, 0.3) is 5.57 Å². The maximum absolute atomic E-state index is 13.0. The van der Waals surface area contributed by atoms with Crippen LogP contribution in [0.3, 0.4) is 0 Å². The molecule has 6 nitrogen and oxygen atoms in total. The maximum Gasteiger partial charge on any atom is 0.334 e. The number of aromatic nitrogens is 1. The van der Waals surface area contributed by atoms with Gasteiger partial charge in [0, 0.05) is 5.22 Å². The lowest BCUT2D eigenvalue weighted by atomic mass is 10.1. The van der Waals surface area contributed by atoms with Crippen LogP contribution in [0.15, 0.2) is 53.5 Å². The molecular formula is C23H20N2O4S2. The number of carbonyl (C=O) groups is 2. The molecule has 31 heavy (non-hydrogen) atoms. The van der Waals surface area contributed by atoms with Crippen LogP contribution in [0.2, 0.25) is 0 Å². The largest absolute Gasteiger partial charge is 0.493 e. The van der Waals surface area contributed by atoms with Gasteiger partial charge in [0.25, 0.3) is 5.91 Å². The van der Waals surface area contributed by atoms with E-state index in [1.54, 1.807) is 30.3 Å². The van der Waals surface area contributed by atoms with Crippen molar-refractivity contribution in [2.45, 2.75) is 26.3 Å². The first-order chi connectivity index (χ1) is 14.9. The Hall–Kier alpha value is -3.10. The van der Waals surface area contributed by atoms with Crippen LogP contribution in [0.5, 0.6) is 5.88 Å². The van der Waals surface area contributed by atoms with Crippen LogP contribution in [-0.4, -0.2) is 28.2 Å². The van der Waals surface area contributed by atoms with Gasteiger partial charge in [-0.3, -0.25) is 9.36 Å². The molecule has 0 saturated carbocycles. The number of para-hydroxylation sites is 1. The molecule has 0 saturated heterocycles. The lowest BCUT2D eigenvalue weighted by Crippen LogP contribution is -2.25. The van der Waals surface area contributed by atoms with Crippen molar-refractivity contribution in [1.82, 2.24) is 4.57 Å². The van der Waals surface area contributed by atoms with Crippen molar-refractivity contribution in [3.63, 3.8) is 0 Å². The number of esters is 1. The molecular weight excluding hydrogens is 432 g/mol. The number of ether oxygens (including phenoxy) is 1. The van der Waals surface area contributed by atoms with Crippen molar-refractivity contribution in [1.29, 1.82) is 0 Å². The van der Waals surface area contributed by atoms with Crippen molar-refractivity contribution in [3.8, 4) is 5.88 Å². The van der Waals surface area contributed by atoms with Gasteiger partial charge in [-0.15, -0.1) is 11.3 Å². The number of rotatable bonds is 6. The Morgan fingerprint density at radius 2 is 1.97 bits per heavy atom. The van der Waals surface area contributed by atoms with Crippen LogP contribution in [0, 0.1) is 10.9 Å². The predicted molar refractivity (Wildman–Crippen MR) is 120 cm³/mol. The molecule has 0 spiro atoms. The fraction of sp³-hybridized carbons (Fsp3) is 0.217. The molecule has 0 bridgehead atoms. The molecule has 1 aliphatic rings. The molecule has 1 atom stereocenters. The number of carbonyl (C=O) groups excluding carboxylic acids is 2. The highest BCUT2D eigenvalue weighted by Gasteiger charge is 2.32. The molecule has 1 unspecified atom stereocenters. The number of aromatic hydroxyl groups is 1. The molecule has 1 N–H and O–H groups in total. The summed E-state index contributed by atoms with van der Waals surface area (Å²) in [6, 6.07) is 13.5. The second-order valence-electron chi connectivity index (χ2n) is 7.13. The smallest absolute Gasteiger partial charge is 0.334 e. The van der Waals surface area contributed by atoms with E-state index in [0.29, 0.717) is 33.0 Å². The van der Waals surface area contributed by atoms with Gasteiger partial charge in [0.15, 0.2) is 10.00 Å². The number of thiazole rings is 1. The van der Waals surface area contributed by atoms with E-state index in [0.717, 1.165) is 16.9 Å². The van der Waals surface area contributed by atoms with Gasteiger partial charge in [-0.1, -0.05) is 55.5 Å². The summed E-state index contributed by atoms with van der Waals surface area (Å²) in [6.07, 6.45) is 0.670. The second kappa shape index (κ2) is 8.56. The maximum atomic E-state index is 13.0. The molecule has 3 aromatic rings. The fourth-order valence-electron chi connectivity index (χ4n) is 3.58. The third kappa shape index (κ3) is 3.73. The van der Waals surface area contributed by atoms with Gasteiger partial charge >= 0.3 is 5.97 Å². The van der Waals surface area contributed by atoms with Crippen molar-refractivity contribution in [2.75, 3.05) is 6.61 Å². The molecule has 1 aromatic heterocycles. The van der Waals surface area contributed by atoms with Gasteiger partial charge in [0.2, 0.25) is 5.88 Å². The van der Waals surface area contributed by atoms with Crippen LogP contribution >= 0.6 is 23.6 Å². The Bertz CT molecular complexity index is 1360. The number of hydrogen-bond donors (Lipinski definition) is 1. The normalized spacial score (nSPS) is 13.6. The third-order valence-corrected chi connectivity index (χ3v) is 6.43. The fourth-order valence-corrected chi connectivity index (χ4v) is 4.97. The number of aryl methyl sites for hydroxylation is 1. The van der Waals surface area contributed by atoms with Gasteiger partial charge in [-0.2, -0.15) is 0 Å². The summed E-state index contributed by atoms with van der Waals surface area (Å²) in [5, 5.41) is 12.4. The molecule has 4 rings (SSSR count). The zero-order chi connectivity index (χ0) is 22.1. The van der Waals surface area contributed by atoms with E-state index in [2.05, 4.69) is 4.99 Å². The minimum atomic E-state index is -0.962. The van der Waals surface area contributed by atoms with Crippen molar-refractivity contribution < 1.29 is 19.4 Å². The summed E-state index contributed by atoms with van der Waals surface area (Å²) in [5.41, 5.74) is 1.79. The van der Waals surface area contributed by atoms with Gasteiger partial charge < -0.3 is 9.84 Å². The highest BCUT2D eigenvalue weighted by molar-refractivity contribution is 7.73. The summed E-state index contributed by atoms with van der Waals surface area (Å²) < 4.78 is 7.01. The summed E-state index contributed by atoms with van der Waals surface area (Å²) in [7, 11) is 0. The van der Waals surface area contributed by atoms with E-state index < -0.39 is 17.9 Å². The van der Waals surface area contributed by atoms with Gasteiger partial charge in [0.1, 0.15) is 4.88 Å². The zero-order valence-electron chi connectivity index (χ0n) is 17.0. The first kappa shape index (κ1) is 21.1. The summed E-state index contributed by atoms with van der Waals surface area (Å²) in [6.45, 7) is 4.04. The lowest BCUT2D eigenvalue weighted by molar-refractivity contribution is -0.146. The molecule has 0 fully saturated rings. The third-order valence-electron chi connectivity index (χ3n) is 5.02. The molecule has 2 heterocycles. The zero-order valence-corrected chi connectivity index (χ0v) is 18.6. The minimum Gasteiger partial charge on any atom is -0.493 e. The molecule has 1 aliphatic heterocycles. The predicted octanol–water partition coefficient (Wildman–Crippen LogP) is 3.19. The second-order valence-corrected chi connectivity index (χ2v) is 8.78. The number of hydrogen-bond acceptors (Lipinski definition) is 6. The molecule has 2 aromatic carbocycles. The summed E-state index contributed by atoms with van der Waals surface area (Å²) in [5.74, 6) is -1.20.